The maximum atomic E-state index is 13.1. The summed E-state index contributed by atoms with van der Waals surface area (Å²) in [7, 11) is -3.81. The minimum atomic E-state index is -3.81. The average molecular weight is 382 g/mol. The molecule has 2 rings (SSSR count). The van der Waals surface area contributed by atoms with Crippen LogP contribution in [-0.2, 0) is 14.8 Å². The Morgan fingerprint density at radius 2 is 1.80 bits per heavy atom. The lowest BCUT2D eigenvalue weighted by molar-refractivity contribution is -0.107. The molecule has 6 nitrogen and oxygen atoms in total. The van der Waals surface area contributed by atoms with Crippen LogP contribution in [-0.4, -0.2) is 21.4 Å². The smallest absolute Gasteiger partial charge is 0.264 e. The van der Waals surface area contributed by atoms with E-state index in [1.54, 1.807) is 30.3 Å². The molecule has 0 heterocycles. The number of hydrogen-bond acceptors (Lipinski definition) is 4. The van der Waals surface area contributed by atoms with E-state index in [1.807, 2.05) is 6.92 Å². The van der Waals surface area contributed by atoms with Gasteiger partial charge >= 0.3 is 0 Å². The maximum Gasteiger partial charge on any atom is 0.264 e. The van der Waals surface area contributed by atoms with E-state index in [2.05, 4.69) is 0 Å². The molecule has 25 heavy (non-hydrogen) atoms. The van der Waals surface area contributed by atoms with Gasteiger partial charge in [-0.05, 0) is 36.8 Å². The summed E-state index contributed by atoms with van der Waals surface area (Å²) in [5.41, 5.74) is 0.523. The Balaban J connectivity index is 2.61. The Hall–Kier alpha value is -2.09. The molecule has 2 aromatic rings. The number of carbonyl (C=O) groups is 1. The number of sulfonamides is 1. The number of amides is 1. The number of benzene rings is 2. The maximum absolute atomic E-state index is 13.1. The molecule has 8 heteroatoms. The number of nitrogens with two attached hydrogens (primary N) is 1. The second-order valence-electron chi connectivity index (χ2n) is 5.39. The minimum absolute atomic E-state index is 0.168. The predicted molar refractivity (Wildman–Crippen MR) is 100 cm³/mol. The number of unbranched alkanes of at least 4 members (excludes halogenated alkanes) is 1. The van der Waals surface area contributed by atoms with Gasteiger partial charge in [0.25, 0.3) is 10.0 Å². The summed E-state index contributed by atoms with van der Waals surface area (Å²) < 4.78 is 27.5. The van der Waals surface area contributed by atoms with Crippen LogP contribution in [0.1, 0.15) is 19.8 Å². The van der Waals surface area contributed by atoms with Gasteiger partial charge in [-0.15, -0.1) is 0 Å². The molecule has 0 aliphatic carbocycles. The van der Waals surface area contributed by atoms with Crippen molar-refractivity contribution in [3.05, 3.63) is 53.6 Å². The van der Waals surface area contributed by atoms with E-state index in [1.165, 1.54) is 22.5 Å². The normalized spacial score (nSPS) is 11.2. The first-order valence-electron chi connectivity index (χ1n) is 7.78. The molecule has 0 saturated carbocycles. The third-order valence-electron chi connectivity index (χ3n) is 3.64. The minimum Gasteiger partial charge on any atom is -0.277 e. The number of anilines is 2. The second kappa shape index (κ2) is 8.33. The Bertz CT molecular complexity index is 828. The SMILES string of the molecule is CCCCN(c1ccc(Cl)cc1N(N)C=O)S(=O)(=O)c1ccccc1. The van der Waals surface area contributed by atoms with Crippen molar-refractivity contribution >= 4 is 39.4 Å². The van der Waals surface area contributed by atoms with Crippen LogP contribution in [0.3, 0.4) is 0 Å². The largest absolute Gasteiger partial charge is 0.277 e. The van der Waals surface area contributed by atoms with Crippen LogP contribution in [0.4, 0.5) is 11.4 Å². The monoisotopic (exact) mass is 381 g/mol. The van der Waals surface area contributed by atoms with Crippen molar-refractivity contribution in [2.24, 2.45) is 5.84 Å². The van der Waals surface area contributed by atoms with Gasteiger partial charge < -0.3 is 0 Å². The fourth-order valence-electron chi connectivity index (χ4n) is 2.36. The third kappa shape index (κ3) is 4.31. The van der Waals surface area contributed by atoms with Gasteiger partial charge in [0.1, 0.15) is 0 Å². The summed E-state index contributed by atoms with van der Waals surface area (Å²) >= 11 is 5.99. The van der Waals surface area contributed by atoms with Crippen LogP contribution in [0.15, 0.2) is 53.4 Å². The lowest BCUT2D eigenvalue weighted by atomic mass is 10.2. The summed E-state index contributed by atoms with van der Waals surface area (Å²) in [6.45, 7) is 2.23. The molecule has 0 atom stereocenters. The molecule has 0 aliphatic heterocycles. The zero-order valence-corrected chi connectivity index (χ0v) is 15.4. The fourth-order valence-corrected chi connectivity index (χ4v) is 4.07. The summed E-state index contributed by atoms with van der Waals surface area (Å²) in [4.78, 5) is 11.3. The van der Waals surface area contributed by atoms with Gasteiger partial charge in [-0.3, -0.25) is 9.10 Å². The first kappa shape index (κ1) is 19.2. The Labute approximate surface area is 152 Å². The second-order valence-corrected chi connectivity index (χ2v) is 7.69. The molecule has 0 saturated heterocycles. The van der Waals surface area contributed by atoms with E-state index in [0.29, 0.717) is 23.5 Å². The summed E-state index contributed by atoms with van der Waals surface area (Å²) in [5.74, 6) is 5.70. The first-order chi connectivity index (χ1) is 11.9. The van der Waals surface area contributed by atoms with E-state index in [4.69, 9.17) is 17.4 Å². The molecule has 1 amide bonds. The number of rotatable bonds is 8. The Morgan fingerprint density at radius 1 is 1.12 bits per heavy atom. The lowest BCUT2D eigenvalue weighted by Gasteiger charge is -2.28. The number of carbonyl (C=O) groups excluding carboxylic acids is 1. The molecule has 0 radical (unpaired) electrons. The van der Waals surface area contributed by atoms with Gasteiger partial charge in [-0.1, -0.05) is 43.1 Å². The number of hydrazine groups is 1. The van der Waals surface area contributed by atoms with E-state index in [0.717, 1.165) is 11.4 Å². The van der Waals surface area contributed by atoms with E-state index < -0.39 is 10.0 Å². The van der Waals surface area contributed by atoms with E-state index in [9.17, 15) is 13.2 Å². The first-order valence-corrected chi connectivity index (χ1v) is 9.60. The molecule has 0 fully saturated rings. The Morgan fingerprint density at radius 3 is 2.40 bits per heavy atom. The van der Waals surface area contributed by atoms with E-state index in [-0.39, 0.29) is 17.1 Å². The molecule has 2 N–H and O–H groups in total. The number of halogens is 1. The van der Waals surface area contributed by atoms with Crippen LogP contribution in [0.2, 0.25) is 5.02 Å². The molecular formula is C17H20ClN3O3S. The quantitative estimate of drug-likeness (QED) is 0.329. The molecular weight excluding hydrogens is 362 g/mol. The molecule has 0 bridgehead atoms. The van der Waals surface area contributed by atoms with Crippen molar-refractivity contribution in [3.63, 3.8) is 0 Å². The van der Waals surface area contributed by atoms with Crippen molar-refractivity contribution in [1.29, 1.82) is 0 Å². The third-order valence-corrected chi connectivity index (χ3v) is 5.71. The highest BCUT2D eigenvalue weighted by Crippen LogP contribution is 2.34. The molecule has 0 aromatic heterocycles. The van der Waals surface area contributed by atoms with Crippen LogP contribution in [0, 0.1) is 0 Å². The molecule has 0 unspecified atom stereocenters. The van der Waals surface area contributed by atoms with Gasteiger partial charge in [0.05, 0.1) is 16.3 Å². The summed E-state index contributed by atoms with van der Waals surface area (Å²) in [6.07, 6.45) is 1.87. The fraction of sp³-hybridized carbons (Fsp3) is 0.235. The topological polar surface area (TPSA) is 83.7 Å². The summed E-state index contributed by atoms with van der Waals surface area (Å²) in [6, 6.07) is 12.7. The van der Waals surface area contributed by atoms with Gasteiger partial charge in [0.2, 0.25) is 6.41 Å². The van der Waals surface area contributed by atoms with Crippen LogP contribution >= 0.6 is 11.6 Å². The number of hydrogen-bond donors (Lipinski definition) is 1. The molecule has 2 aromatic carbocycles. The zero-order chi connectivity index (χ0) is 18.4. The van der Waals surface area contributed by atoms with Crippen molar-refractivity contribution in [2.75, 3.05) is 15.9 Å². The highest BCUT2D eigenvalue weighted by molar-refractivity contribution is 7.92. The van der Waals surface area contributed by atoms with Crippen molar-refractivity contribution < 1.29 is 13.2 Å². The van der Waals surface area contributed by atoms with Gasteiger partial charge in [-0.2, -0.15) is 0 Å². The average Bonchev–Trinajstić information content (AvgIpc) is 2.62. The highest BCUT2D eigenvalue weighted by atomic mass is 35.5. The molecule has 134 valence electrons. The molecule has 0 aliphatic rings. The van der Waals surface area contributed by atoms with Gasteiger partial charge in [0, 0.05) is 11.6 Å². The van der Waals surface area contributed by atoms with Crippen LogP contribution < -0.4 is 15.2 Å². The highest BCUT2D eigenvalue weighted by Gasteiger charge is 2.27. The van der Waals surface area contributed by atoms with Gasteiger partial charge in [-0.25, -0.2) is 19.3 Å². The van der Waals surface area contributed by atoms with Crippen LogP contribution in [0.5, 0.6) is 0 Å². The van der Waals surface area contributed by atoms with Crippen molar-refractivity contribution in [2.45, 2.75) is 24.7 Å². The van der Waals surface area contributed by atoms with Crippen molar-refractivity contribution in [3.8, 4) is 0 Å². The lowest BCUT2D eigenvalue weighted by Crippen LogP contribution is -2.36. The Kier molecular flexibility index (Phi) is 6.41. The van der Waals surface area contributed by atoms with Crippen LogP contribution in [0.25, 0.3) is 0 Å². The summed E-state index contributed by atoms with van der Waals surface area (Å²) in [5, 5.41) is 1.17. The van der Waals surface area contributed by atoms with Gasteiger partial charge in [0.15, 0.2) is 0 Å². The zero-order valence-electron chi connectivity index (χ0n) is 13.8. The van der Waals surface area contributed by atoms with E-state index >= 15 is 0 Å². The number of nitrogens with zero attached hydrogens (tertiary/aromatic N) is 2. The predicted octanol–water partition coefficient (Wildman–Crippen LogP) is 3.17. The van der Waals surface area contributed by atoms with Crippen molar-refractivity contribution in [1.82, 2.24) is 0 Å². The molecule has 0 spiro atoms. The standard InChI is InChI=1S/C17H20ClN3O3S/c1-2-3-11-21(25(23,24)15-7-5-4-6-8-15)16-10-9-14(18)12-17(16)20(19)13-22/h4-10,12-13H,2-3,11,19H2,1H3.